The van der Waals surface area contributed by atoms with Gasteiger partial charge in [0.2, 0.25) is 11.2 Å². The standard InChI is InChI=1S/C32H30N6O7S/c1-4-44-24-16-14-23(15-17-24)38-30(41)25(18-27(39)33-22-12-10-21(11-13-22)31(42)43-3)37(32(38)46)19-26-29(45-35-36(26)2)34-28(40)20-8-6-5-7-9-20/h5-17,25H,4,18-19H2,1-3H3,(H-,33,34,35,39,40,42)/p+1. The van der Waals surface area contributed by atoms with E-state index in [4.69, 9.17) is 26.2 Å². The Labute approximate surface area is 269 Å². The van der Waals surface area contributed by atoms with Crippen LogP contribution in [0.3, 0.4) is 0 Å². The Morgan fingerprint density at radius 3 is 2.33 bits per heavy atom. The van der Waals surface area contributed by atoms with Crippen molar-refractivity contribution in [2.24, 2.45) is 7.05 Å². The molecule has 13 nitrogen and oxygen atoms in total. The summed E-state index contributed by atoms with van der Waals surface area (Å²) in [5, 5.41) is 9.60. The maximum Gasteiger partial charge on any atom is 0.337 e. The lowest BCUT2D eigenvalue weighted by Crippen LogP contribution is -2.43. The van der Waals surface area contributed by atoms with Crippen molar-refractivity contribution in [1.29, 1.82) is 0 Å². The monoisotopic (exact) mass is 643 g/mol. The van der Waals surface area contributed by atoms with Gasteiger partial charge in [-0.15, -0.1) is 0 Å². The lowest BCUT2D eigenvalue weighted by Gasteiger charge is -2.22. The topological polar surface area (TPSA) is 147 Å². The summed E-state index contributed by atoms with van der Waals surface area (Å²) in [6.45, 7) is 2.33. The second kappa shape index (κ2) is 14.0. The summed E-state index contributed by atoms with van der Waals surface area (Å²) in [6.07, 6.45) is -0.258. The predicted octanol–water partition coefficient (Wildman–Crippen LogP) is 3.47. The smallest absolute Gasteiger partial charge is 0.337 e. The third-order valence-corrected chi connectivity index (χ3v) is 7.60. The number of ether oxygens (including phenoxy) is 2. The molecule has 1 atom stereocenters. The minimum atomic E-state index is -1.01. The first kappa shape index (κ1) is 31.8. The van der Waals surface area contributed by atoms with Gasteiger partial charge < -0.3 is 19.7 Å². The van der Waals surface area contributed by atoms with Crippen LogP contribution >= 0.6 is 12.2 Å². The summed E-state index contributed by atoms with van der Waals surface area (Å²) in [4.78, 5) is 54.9. The van der Waals surface area contributed by atoms with E-state index in [1.165, 1.54) is 28.8 Å². The number of nitrogens with zero attached hydrogens (tertiary/aromatic N) is 4. The minimum Gasteiger partial charge on any atom is -0.494 e. The second-order valence-electron chi connectivity index (χ2n) is 10.1. The van der Waals surface area contributed by atoms with Crippen molar-refractivity contribution in [2.45, 2.75) is 25.9 Å². The Morgan fingerprint density at radius 1 is 0.978 bits per heavy atom. The van der Waals surface area contributed by atoms with Crippen molar-refractivity contribution in [1.82, 2.24) is 10.2 Å². The van der Waals surface area contributed by atoms with E-state index in [0.717, 1.165) is 0 Å². The lowest BCUT2D eigenvalue weighted by molar-refractivity contribution is -0.746. The highest BCUT2D eigenvalue weighted by Gasteiger charge is 2.46. The second-order valence-corrected chi connectivity index (χ2v) is 10.5. The molecule has 4 aromatic rings. The van der Waals surface area contributed by atoms with E-state index in [2.05, 4.69) is 15.9 Å². The number of carbonyl (C=O) groups excluding carboxylic acids is 4. The molecule has 1 aliphatic heterocycles. The Hall–Kier alpha value is -5.63. The highest BCUT2D eigenvalue weighted by Crippen LogP contribution is 2.31. The van der Waals surface area contributed by atoms with Crippen molar-refractivity contribution in [3.8, 4) is 5.75 Å². The molecule has 1 unspecified atom stereocenters. The number of esters is 1. The molecule has 1 fully saturated rings. The van der Waals surface area contributed by atoms with Gasteiger partial charge in [0.25, 0.3) is 17.5 Å². The Morgan fingerprint density at radius 2 is 1.67 bits per heavy atom. The number of thiocarbonyl (C=S) groups is 1. The van der Waals surface area contributed by atoms with Crippen LogP contribution in [0.25, 0.3) is 0 Å². The predicted molar refractivity (Wildman–Crippen MR) is 170 cm³/mol. The SMILES string of the molecule is CCOc1ccc(N2C(=O)C(CC(=O)Nc3ccc(C(=O)OC)cc3)N(Cc3c(NC(=O)c4ccccc4)on[n+]3C)C2=S)cc1. The molecule has 0 bridgehead atoms. The molecule has 2 N–H and O–H groups in total. The average molecular weight is 644 g/mol. The van der Waals surface area contributed by atoms with E-state index >= 15 is 0 Å². The van der Waals surface area contributed by atoms with Crippen molar-refractivity contribution >= 4 is 58.3 Å². The van der Waals surface area contributed by atoms with Gasteiger partial charge in [-0.25, -0.2) is 4.79 Å². The number of rotatable bonds is 11. The highest BCUT2D eigenvalue weighted by molar-refractivity contribution is 7.80. The van der Waals surface area contributed by atoms with Crippen molar-refractivity contribution in [2.75, 3.05) is 29.3 Å². The maximum atomic E-state index is 14.0. The van der Waals surface area contributed by atoms with Crippen LogP contribution in [-0.2, 0) is 27.9 Å². The van der Waals surface area contributed by atoms with Gasteiger partial charge in [-0.3, -0.25) is 29.1 Å². The zero-order chi connectivity index (χ0) is 32.8. The first-order chi connectivity index (χ1) is 22.2. The number of hydrogen-bond donors (Lipinski definition) is 2. The number of benzene rings is 3. The van der Waals surface area contributed by atoms with Crippen LogP contribution in [0.2, 0.25) is 0 Å². The molecular formula is C32H31N6O7S+. The molecule has 3 aromatic carbocycles. The Kier molecular flexibility index (Phi) is 9.67. The summed E-state index contributed by atoms with van der Waals surface area (Å²) < 4.78 is 17.1. The summed E-state index contributed by atoms with van der Waals surface area (Å²) in [5.41, 5.74) is 2.08. The maximum absolute atomic E-state index is 14.0. The minimum absolute atomic E-state index is 0.0196. The molecule has 1 saturated heterocycles. The zero-order valence-corrected chi connectivity index (χ0v) is 26.1. The Balaban J connectivity index is 1.41. The largest absolute Gasteiger partial charge is 0.494 e. The van der Waals surface area contributed by atoms with Crippen LogP contribution in [0.5, 0.6) is 5.75 Å². The summed E-state index contributed by atoms with van der Waals surface area (Å²) in [7, 11) is 2.91. The molecule has 2 heterocycles. The molecule has 0 saturated carbocycles. The number of nitrogens with one attached hydrogen (secondary N) is 2. The fourth-order valence-corrected chi connectivity index (χ4v) is 5.24. The number of hydrogen-bond acceptors (Lipinski definition) is 9. The van der Waals surface area contributed by atoms with Gasteiger partial charge in [-0.1, -0.05) is 18.2 Å². The highest BCUT2D eigenvalue weighted by atomic mass is 32.1. The van der Waals surface area contributed by atoms with Gasteiger partial charge >= 0.3 is 11.9 Å². The lowest BCUT2D eigenvalue weighted by atomic mass is 10.1. The van der Waals surface area contributed by atoms with Crippen LogP contribution in [0.15, 0.2) is 83.4 Å². The molecule has 5 rings (SSSR count). The molecule has 3 amide bonds. The van der Waals surface area contributed by atoms with Crippen molar-refractivity contribution in [3.05, 3.63) is 95.7 Å². The number of methoxy groups -OCH3 is 1. The summed E-state index contributed by atoms with van der Waals surface area (Å²) >= 11 is 5.82. The summed E-state index contributed by atoms with van der Waals surface area (Å²) in [5.74, 6) is -1.10. The van der Waals surface area contributed by atoms with Gasteiger partial charge in [0, 0.05) is 11.3 Å². The molecule has 1 aliphatic rings. The quantitative estimate of drug-likeness (QED) is 0.142. The first-order valence-corrected chi connectivity index (χ1v) is 14.7. The molecular weight excluding hydrogens is 612 g/mol. The van der Waals surface area contributed by atoms with E-state index in [9.17, 15) is 19.2 Å². The molecule has 1 aromatic heterocycles. The van der Waals surface area contributed by atoms with Crippen LogP contribution in [0.4, 0.5) is 17.3 Å². The fraction of sp³-hybridized carbons (Fsp3) is 0.219. The molecule has 0 aliphatic carbocycles. The van der Waals surface area contributed by atoms with Gasteiger partial charge in [0.1, 0.15) is 18.3 Å². The first-order valence-electron chi connectivity index (χ1n) is 14.3. The van der Waals surface area contributed by atoms with Gasteiger partial charge in [0.15, 0.2) is 12.2 Å². The average Bonchev–Trinajstić information content (AvgIpc) is 3.52. The Bertz CT molecular complexity index is 1760. The van der Waals surface area contributed by atoms with Gasteiger partial charge in [-0.05, 0) is 84.5 Å². The van der Waals surface area contributed by atoms with E-state index in [0.29, 0.717) is 40.6 Å². The number of carbonyl (C=O) groups is 4. The summed E-state index contributed by atoms with van der Waals surface area (Å²) in [6, 6.07) is 20.6. The molecule has 236 valence electrons. The number of aromatic nitrogens is 2. The van der Waals surface area contributed by atoms with Crippen LogP contribution in [0.1, 0.15) is 39.8 Å². The zero-order valence-electron chi connectivity index (χ0n) is 25.3. The van der Waals surface area contributed by atoms with Gasteiger partial charge in [-0.2, -0.15) is 0 Å². The third kappa shape index (κ3) is 6.86. The number of anilines is 3. The van der Waals surface area contributed by atoms with Crippen LogP contribution < -0.4 is 25.0 Å². The van der Waals surface area contributed by atoms with Gasteiger partial charge in [0.05, 0.1) is 31.4 Å². The fourth-order valence-electron chi connectivity index (χ4n) is 4.85. The van der Waals surface area contributed by atoms with E-state index in [1.54, 1.807) is 78.7 Å². The molecule has 0 spiro atoms. The molecule has 46 heavy (non-hydrogen) atoms. The number of amides is 3. The van der Waals surface area contributed by atoms with E-state index in [-0.39, 0.29) is 24.0 Å². The van der Waals surface area contributed by atoms with E-state index in [1.807, 2.05) is 6.92 Å². The van der Waals surface area contributed by atoms with E-state index < -0.39 is 29.7 Å². The normalized spacial score (nSPS) is 14.3. The molecule has 0 radical (unpaired) electrons. The van der Waals surface area contributed by atoms with Crippen molar-refractivity contribution in [3.63, 3.8) is 0 Å². The number of aryl methyl sites for hydroxylation is 1. The van der Waals surface area contributed by atoms with Crippen molar-refractivity contribution < 1.29 is 37.9 Å². The molecule has 14 heteroatoms. The third-order valence-electron chi connectivity index (χ3n) is 7.18. The van der Waals surface area contributed by atoms with Crippen LogP contribution in [-0.4, -0.2) is 58.7 Å². The van der Waals surface area contributed by atoms with Crippen LogP contribution in [0, 0.1) is 0 Å².